The van der Waals surface area contributed by atoms with E-state index in [-0.39, 0.29) is 12.5 Å². The minimum atomic E-state index is -0.595. The van der Waals surface area contributed by atoms with Crippen molar-refractivity contribution in [1.29, 1.82) is 0 Å². The topological polar surface area (TPSA) is 94.5 Å². The third kappa shape index (κ3) is 4.78. The standard InChI is InChI=1S/C19H24N4O4S/c1-11(2)8-23-13(4)12(3)20-19(23)28-9-17(24)22-18(25)21-14-5-6-15-16(7-14)27-10-26-15/h5-7,11H,8-10H2,1-4H3,(H2,21,22,24,25). The fourth-order valence-electron chi connectivity index (χ4n) is 2.74. The summed E-state index contributed by atoms with van der Waals surface area (Å²) in [7, 11) is 0. The first-order valence-electron chi connectivity index (χ1n) is 9.00. The van der Waals surface area contributed by atoms with Gasteiger partial charge in [0, 0.05) is 24.0 Å². The molecule has 1 aliphatic rings. The number of thioether (sulfide) groups is 1. The van der Waals surface area contributed by atoms with Crippen molar-refractivity contribution in [2.75, 3.05) is 17.9 Å². The van der Waals surface area contributed by atoms with Crippen molar-refractivity contribution in [1.82, 2.24) is 14.9 Å². The van der Waals surface area contributed by atoms with Crippen LogP contribution in [0.25, 0.3) is 0 Å². The SMILES string of the molecule is Cc1nc(SCC(=O)NC(=O)Nc2ccc3c(c2)OCO3)n(CC(C)C)c1C. The normalized spacial score (nSPS) is 12.3. The second-order valence-electron chi connectivity index (χ2n) is 6.93. The van der Waals surface area contributed by atoms with Crippen LogP contribution < -0.4 is 20.1 Å². The molecule has 9 heteroatoms. The van der Waals surface area contributed by atoms with Gasteiger partial charge in [-0.1, -0.05) is 25.6 Å². The molecule has 1 aliphatic heterocycles. The number of nitrogens with one attached hydrogen (secondary N) is 2. The lowest BCUT2D eigenvalue weighted by molar-refractivity contribution is -0.117. The zero-order valence-electron chi connectivity index (χ0n) is 16.4. The number of carbonyl (C=O) groups excluding carboxylic acids is 2. The molecule has 2 heterocycles. The minimum absolute atomic E-state index is 0.0997. The largest absolute Gasteiger partial charge is 0.454 e. The molecule has 3 rings (SSSR count). The molecule has 0 bridgehead atoms. The van der Waals surface area contributed by atoms with Crippen LogP contribution in [0.1, 0.15) is 25.2 Å². The molecule has 0 saturated heterocycles. The molecule has 2 N–H and O–H groups in total. The molecule has 150 valence electrons. The van der Waals surface area contributed by atoms with Crippen LogP contribution in [0.5, 0.6) is 11.5 Å². The number of urea groups is 1. The number of hydrogen-bond donors (Lipinski definition) is 2. The maximum absolute atomic E-state index is 12.2. The van der Waals surface area contributed by atoms with Crippen molar-refractivity contribution >= 4 is 29.4 Å². The van der Waals surface area contributed by atoms with Gasteiger partial charge in [0.25, 0.3) is 0 Å². The van der Waals surface area contributed by atoms with E-state index in [9.17, 15) is 9.59 Å². The van der Waals surface area contributed by atoms with Crippen LogP contribution in [0.3, 0.4) is 0 Å². The Kier molecular flexibility index (Phi) is 6.13. The summed E-state index contributed by atoms with van der Waals surface area (Å²) in [6, 6.07) is 4.44. The number of benzene rings is 1. The van der Waals surface area contributed by atoms with Crippen molar-refractivity contribution in [3.63, 3.8) is 0 Å². The first kappa shape index (κ1) is 20.1. The summed E-state index contributed by atoms with van der Waals surface area (Å²) < 4.78 is 12.6. The van der Waals surface area contributed by atoms with Gasteiger partial charge in [-0.3, -0.25) is 10.1 Å². The van der Waals surface area contributed by atoms with Crippen molar-refractivity contribution in [3.05, 3.63) is 29.6 Å². The number of nitrogens with zero attached hydrogens (tertiary/aromatic N) is 2. The molecule has 0 saturated carbocycles. The summed E-state index contributed by atoms with van der Waals surface area (Å²) in [5.74, 6) is 1.36. The van der Waals surface area contributed by atoms with Gasteiger partial charge in [0.1, 0.15) is 0 Å². The Morgan fingerprint density at radius 2 is 2.00 bits per heavy atom. The van der Waals surface area contributed by atoms with Gasteiger partial charge in [-0.2, -0.15) is 0 Å². The monoisotopic (exact) mass is 404 g/mol. The first-order valence-corrected chi connectivity index (χ1v) is 9.99. The lowest BCUT2D eigenvalue weighted by Gasteiger charge is -2.12. The molecule has 0 fully saturated rings. The molecule has 0 radical (unpaired) electrons. The molecule has 1 aromatic carbocycles. The quantitative estimate of drug-likeness (QED) is 0.717. The molecular weight excluding hydrogens is 380 g/mol. The van der Waals surface area contributed by atoms with E-state index in [1.165, 1.54) is 11.8 Å². The second kappa shape index (κ2) is 8.55. The molecular formula is C19H24N4O4S. The molecule has 0 aliphatic carbocycles. The fraction of sp³-hybridized carbons (Fsp3) is 0.421. The molecule has 28 heavy (non-hydrogen) atoms. The van der Waals surface area contributed by atoms with Crippen molar-refractivity contribution < 1.29 is 19.1 Å². The zero-order valence-corrected chi connectivity index (χ0v) is 17.2. The third-order valence-electron chi connectivity index (χ3n) is 4.19. The van der Waals surface area contributed by atoms with Crippen LogP contribution >= 0.6 is 11.8 Å². The van der Waals surface area contributed by atoms with Crippen LogP contribution in [-0.4, -0.2) is 34.0 Å². The Morgan fingerprint density at radius 3 is 2.75 bits per heavy atom. The summed E-state index contributed by atoms with van der Waals surface area (Å²) >= 11 is 1.32. The van der Waals surface area contributed by atoms with Gasteiger partial charge in [0.15, 0.2) is 16.7 Å². The zero-order chi connectivity index (χ0) is 20.3. The fourth-order valence-corrected chi connectivity index (χ4v) is 3.64. The molecule has 0 atom stereocenters. The van der Waals surface area contributed by atoms with Gasteiger partial charge in [0.2, 0.25) is 12.7 Å². The number of fused-ring (bicyclic) bond motifs is 1. The predicted molar refractivity (Wildman–Crippen MR) is 107 cm³/mol. The van der Waals surface area contributed by atoms with E-state index < -0.39 is 11.9 Å². The number of imide groups is 1. The van der Waals surface area contributed by atoms with Gasteiger partial charge in [-0.25, -0.2) is 9.78 Å². The third-order valence-corrected chi connectivity index (χ3v) is 5.16. The summed E-state index contributed by atoms with van der Waals surface area (Å²) in [6.07, 6.45) is 0. The maximum Gasteiger partial charge on any atom is 0.325 e. The number of rotatable bonds is 6. The molecule has 3 amide bonds. The average Bonchev–Trinajstić information content (AvgIpc) is 3.19. The van der Waals surface area contributed by atoms with Crippen LogP contribution in [0, 0.1) is 19.8 Å². The highest BCUT2D eigenvalue weighted by Gasteiger charge is 2.17. The Morgan fingerprint density at radius 1 is 1.25 bits per heavy atom. The Labute approximate surface area is 168 Å². The van der Waals surface area contributed by atoms with Gasteiger partial charge in [-0.15, -0.1) is 0 Å². The van der Waals surface area contributed by atoms with E-state index in [2.05, 4.69) is 34.0 Å². The molecule has 8 nitrogen and oxygen atoms in total. The summed E-state index contributed by atoms with van der Waals surface area (Å²) in [5, 5.41) is 5.73. The van der Waals surface area contributed by atoms with Crippen molar-refractivity contribution in [2.24, 2.45) is 5.92 Å². The van der Waals surface area contributed by atoms with Crippen LogP contribution in [0.15, 0.2) is 23.4 Å². The highest BCUT2D eigenvalue weighted by molar-refractivity contribution is 7.99. The highest BCUT2D eigenvalue weighted by Crippen LogP contribution is 2.34. The molecule has 2 aromatic rings. The second-order valence-corrected chi connectivity index (χ2v) is 7.87. The molecule has 1 aromatic heterocycles. The molecule has 0 unspecified atom stereocenters. The van der Waals surface area contributed by atoms with E-state index in [1.54, 1.807) is 18.2 Å². The van der Waals surface area contributed by atoms with E-state index in [0.717, 1.165) is 23.1 Å². The maximum atomic E-state index is 12.2. The van der Waals surface area contributed by atoms with Gasteiger partial charge in [-0.05, 0) is 31.9 Å². The van der Waals surface area contributed by atoms with Gasteiger partial charge >= 0.3 is 6.03 Å². The number of carbonyl (C=O) groups is 2. The highest BCUT2D eigenvalue weighted by atomic mass is 32.2. The van der Waals surface area contributed by atoms with E-state index in [4.69, 9.17) is 9.47 Å². The van der Waals surface area contributed by atoms with E-state index in [0.29, 0.717) is 23.1 Å². The Bertz CT molecular complexity index is 894. The van der Waals surface area contributed by atoms with E-state index >= 15 is 0 Å². The number of aryl methyl sites for hydroxylation is 1. The average molecular weight is 404 g/mol. The van der Waals surface area contributed by atoms with Crippen molar-refractivity contribution in [3.8, 4) is 11.5 Å². The Balaban J connectivity index is 1.53. The van der Waals surface area contributed by atoms with Gasteiger partial charge in [0.05, 0.1) is 11.4 Å². The number of amides is 3. The number of anilines is 1. The van der Waals surface area contributed by atoms with Gasteiger partial charge < -0.3 is 19.4 Å². The van der Waals surface area contributed by atoms with E-state index in [1.807, 2.05) is 13.8 Å². The summed E-state index contributed by atoms with van der Waals surface area (Å²) in [5.41, 5.74) is 2.56. The smallest absolute Gasteiger partial charge is 0.325 e. The lowest BCUT2D eigenvalue weighted by Crippen LogP contribution is -2.35. The van der Waals surface area contributed by atoms with Crippen molar-refractivity contribution in [2.45, 2.75) is 39.4 Å². The summed E-state index contributed by atoms with van der Waals surface area (Å²) in [4.78, 5) is 28.7. The minimum Gasteiger partial charge on any atom is -0.454 e. The van der Waals surface area contributed by atoms with Crippen LogP contribution in [-0.2, 0) is 11.3 Å². The van der Waals surface area contributed by atoms with Crippen LogP contribution in [0.2, 0.25) is 0 Å². The first-order chi connectivity index (χ1) is 13.3. The summed E-state index contributed by atoms with van der Waals surface area (Å²) in [6.45, 7) is 9.24. The Hall–Kier alpha value is -2.68. The number of hydrogen-bond acceptors (Lipinski definition) is 6. The number of imidazole rings is 1. The van der Waals surface area contributed by atoms with Crippen LogP contribution in [0.4, 0.5) is 10.5 Å². The molecule has 0 spiro atoms. The predicted octanol–water partition coefficient (Wildman–Crippen LogP) is 3.33. The number of ether oxygens (including phenoxy) is 2. The lowest BCUT2D eigenvalue weighted by atomic mass is 10.2. The number of aromatic nitrogens is 2.